The molecule has 3 heteroatoms. The Bertz CT molecular complexity index is 591. The maximum absolute atomic E-state index is 13.9. The predicted octanol–water partition coefficient (Wildman–Crippen LogP) is 4.28. The largest absolute Gasteiger partial charge is 0.494 e. The molecule has 0 aliphatic rings. The fourth-order valence-electron chi connectivity index (χ4n) is 1.75. The predicted molar refractivity (Wildman–Crippen MR) is 68.4 cm³/mol. The van der Waals surface area contributed by atoms with E-state index < -0.39 is 11.6 Å². The highest BCUT2D eigenvalue weighted by molar-refractivity contribution is 5.68. The third-order valence-electron chi connectivity index (χ3n) is 2.70. The molecule has 0 saturated carbocycles. The number of hydrogen-bond acceptors (Lipinski definition) is 1. The van der Waals surface area contributed by atoms with E-state index in [9.17, 15) is 8.78 Å². The van der Waals surface area contributed by atoms with Crippen LogP contribution in [0.3, 0.4) is 0 Å². The number of rotatable bonds is 3. The Morgan fingerprint density at radius 3 is 2.56 bits per heavy atom. The molecule has 2 aromatic rings. The Labute approximate surface area is 104 Å². The Kier molecular flexibility index (Phi) is 3.42. The topological polar surface area (TPSA) is 9.23 Å². The average Bonchev–Trinajstić information content (AvgIpc) is 2.42. The van der Waals surface area contributed by atoms with Crippen molar-refractivity contribution in [3.8, 4) is 16.9 Å². The lowest BCUT2D eigenvalue weighted by Crippen LogP contribution is -1.95. The highest BCUT2D eigenvalue weighted by Crippen LogP contribution is 2.30. The molecule has 1 nitrogen and oxygen atoms in total. The van der Waals surface area contributed by atoms with Crippen molar-refractivity contribution >= 4 is 6.08 Å². The first-order valence-electron chi connectivity index (χ1n) is 5.42. The van der Waals surface area contributed by atoms with Crippen LogP contribution in [0, 0.1) is 11.6 Å². The standard InChI is InChI=1S/C15H12F2O/c1-3-10-5-4-6-11(9-10)12-7-8-13(18-2)15(17)14(12)16/h3-9H,1H2,2H3. The molecule has 0 heterocycles. The minimum Gasteiger partial charge on any atom is -0.494 e. The van der Waals surface area contributed by atoms with Gasteiger partial charge in [-0.05, 0) is 29.3 Å². The van der Waals surface area contributed by atoms with Gasteiger partial charge in [0.1, 0.15) is 0 Å². The summed E-state index contributed by atoms with van der Waals surface area (Å²) < 4.78 is 32.2. The lowest BCUT2D eigenvalue weighted by molar-refractivity contribution is 0.372. The van der Waals surface area contributed by atoms with E-state index in [2.05, 4.69) is 6.58 Å². The summed E-state index contributed by atoms with van der Waals surface area (Å²) in [5, 5.41) is 0. The summed E-state index contributed by atoms with van der Waals surface area (Å²) in [6, 6.07) is 9.99. The zero-order valence-electron chi connectivity index (χ0n) is 9.91. The van der Waals surface area contributed by atoms with Crippen LogP contribution in [0.2, 0.25) is 0 Å². The third-order valence-corrected chi connectivity index (χ3v) is 2.70. The van der Waals surface area contributed by atoms with Gasteiger partial charge in [-0.25, -0.2) is 4.39 Å². The molecule has 0 saturated heterocycles. The van der Waals surface area contributed by atoms with Crippen LogP contribution in [-0.2, 0) is 0 Å². The summed E-state index contributed by atoms with van der Waals surface area (Å²) >= 11 is 0. The molecule has 2 aromatic carbocycles. The molecule has 0 radical (unpaired) electrons. The second-order valence-corrected chi connectivity index (χ2v) is 3.77. The first-order valence-corrected chi connectivity index (χ1v) is 5.42. The smallest absolute Gasteiger partial charge is 0.201 e. The summed E-state index contributed by atoms with van der Waals surface area (Å²) in [5.41, 5.74) is 1.66. The van der Waals surface area contributed by atoms with Gasteiger partial charge < -0.3 is 4.74 Å². The molecule has 0 N–H and O–H groups in total. The lowest BCUT2D eigenvalue weighted by atomic mass is 10.0. The van der Waals surface area contributed by atoms with E-state index in [4.69, 9.17) is 4.74 Å². The lowest BCUT2D eigenvalue weighted by Gasteiger charge is -2.08. The second kappa shape index (κ2) is 5.00. The van der Waals surface area contributed by atoms with Gasteiger partial charge in [0.15, 0.2) is 11.6 Å². The highest BCUT2D eigenvalue weighted by Gasteiger charge is 2.14. The summed E-state index contributed by atoms with van der Waals surface area (Å²) in [6.45, 7) is 3.65. The van der Waals surface area contributed by atoms with Crippen molar-refractivity contribution < 1.29 is 13.5 Å². The number of ether oxygens (including phenoxy) is 1. The van der Waals surface area contributed by atoms with Gasteiger partial charge in [0.05, 0.1) is 7.11 Å². The molecule has 0 amide bonds. The van der Waals surface area contributed by atoms with Gasteiger partial charge >= 0.3 is 0 Å². The second-order valence-electron chi connectivity index (χ2n) is 3.77. The van der Waals surface area contributed by atoms with E-state index in [1.807, 2.05) is 6.07 Å². The van der Waals surface area contributed by atoms with Crippen molar-refractivity contribution in [2.24, 2.45) is 0 Å². The Balaban J connectivity index is 2.57. The number of hydrogen-bond donors (Lipinski definition) is 0. The zero-order chi connectivity index (χ0) is 13.1. The van der Waals surface area contributed by atoms with Crippen LogP contribution in [0.4, 0.5) is 8.78 Å². The van der Waals surface area contributed by atoms with Crippen molar-refractivity contribution in [1.29, 1.82) is 0 Å². The van der Waals surface area contributed by atoms with Gasteiger partial charge in [-0.3, -0.25) is 0 Å². The van der Waals surface area contributed by atoms with Crippen molar-refractivity contribution in [2.45, 2.75) is 0 Å². The van der Waals surface area contributed by atoms with E-state index >= 15 is 0 Å². The van der Waals surface area contributed by atoms with E-state index in [0.717, 1.165) is 5.56 Å². The van der Waals surface area contributed by atoms with Crippen LogP contribution >= 0.6 is 0 Å². The van der Waals surface area contributed by atoms with Crippen LogP contribution in [-0.4, -0.2) is 7.11 Å². The zero-order valence-corrected chi connectivity index (χ0v) is 9.91. The van der Waals surface area contributed by atoms with E-state index in [0.29, 0.717) is 5.56 Å². The fraction of sp³-hybridized carbons (Fsp3) is 0.0667. The Hall–Kier alpha value is -2.16. The molecule has 18 heavy (non-hydrogen) atoms. The molecule has 0 aromatic heterocycles. The summed E-state index contributed by atoms with van der Waals surface area (Å²) in [5.74, 6) is -1.98. The molecule has 0 fully saturated rings. The van der Waals surface area contributed by atoms with Gasteiger partial charge in [-0.1, -0.05) is 30.9 Å². The first kappa shape index (κ1) is 12.3. The Morgan fingerprint density at radius 2 is 1.89 bits per heavy atom. The van der Waals surface area contributed by atoms with Gasteiger partial charge in [0, 0.05) is 5.56 Å². The summed E-state index contributed by atoms with van der Waals surface area (Å²) in [4.78, 5) is 0. The number of benzene rings is 2. The molecule has 0 aliphatic heterocycles. The molecule has 0 aliphatic carbocycles. The SMILES string of the molecule is C=Cc1cccc(-c2ccc(OC)c(F)c2F)c1. The van der Waals surface area contributed by atoms with Crippen molar-refractivity contribution in [3.63, 3.8) is 0 Å². The van der Waals surface area contributed by atoms with Gasteiger partial charge in [0.25, 0.3) is 0 Å². The molecule has 0 bridgehead atoms. The molecule has 92 valence electrons. The Morgan fingerprint density at radius 1 is 1.11 bits per heavy atom. The monoisotopic (exact) mass is 246 g/mol. The van der Waals surface area contributed by atoms with Crippen LogP contribution < -0.4 is 4.74 Å². The molecule has 2 rings (SSSR count). The number of halogens is 2. The molecule has 0 spiro atoms. The van der Waals surface area contributed by atoms with Crippen LogP contribution in [0.15, 0.2) is 43.0 Å². The van der Waals surface area contributed by atoms with Gasteiger partial charge in [-0.2, -0.15) is 4.39 Å². The quantitative estimate of drug-likeness (QED) is 0.785. The molecule has 0 unspecified atom stereocenters. The summed E-state index contributed by atoms with van der Waals surface area (Å²) in [7, 11) is 1.30. The van der Waals surface area contributed by atoms with Crippen LogP contribution in [0.25, 0.3) is 17.2 Å². The minimum absolute atomic E-state index is 0.101. The normalized spacial score (nSPS) is 10.2. The average molecular weight is 246 g/mol. The highest BCUT2D eigenvalue weighted by atomic mass is 19.2. The maximum Gasteiger partial charge on any atom is 0.201 e. The van der Waals surface area contributed by atoms with Gasteiger partial charge in [0.2, 0.25) is 5.82 Å². The fourth-order valence-corrected chi connectivity index (χ4v) is 1.75. The van der Waals surface area contributed by atoms with E-state index in [1.165, 1.54) is 19.2 Å². The van der Waals surface area contributed by atoms with Crippen molar-refractivity contribution in [2.75, 3.05) is 7.11 Å². The molecule has 0 atom stereocenters. The summed E-state index contributed by atoms with van der Waals surface area (Å²) in [6.07, 6.45) is 1.65. The molecular weight excluding hydrogens is 234 g/mol. The van der Waals surface area contributed by atoms with E-state index in [1.54, 1.807) is 24.3 Å². The van der Waals surface area contributed by atoms with E-state index in [-0.39, 0.29) is 11.3 Å². The van der Waals surface area contributed by atoms with Crippen LogP contribution in [0.5, 0.6) is 5.75 Å². The number of methoxy groups -OCH3 is 1. The van der Waals surface area contributed by atoms with Crippen molar-refractivity contribution in [3.05, 3.63) is 60.2 Å². The van der Waals surface area contributed by atoms with Gasteiger partial charge in [-0.15, -0.1) is 0 Å². The minimum atomic E-state index is -0.973. The third kappa shape index (κ3) is 2.12. The molecular formula is C15H12F2O. The first-order chi connectivity index (χ1) is 8.67. The maximum atomic E-state index is 13.9. The van der Waals surface area contributed by atoms with Crippen LogP contribution in [0.1, 0.15) is 5.56 Å². The van der Waals surface area contributed by atoms with Crippen molar-refractivity contribution in [1.82, 2.24) is 0 Å².